The van der Waals surface area contributed by atoms with Crippen LogP contribution < -0.4 is 5.73 Å². The fraction of sp³-hybridized carbons (Fsp3) is 0.412. The van der Waals surface area contributed by atoms with E-state index in [1.807, 2.05) is 41.5 Å². The van der Waals surface area contributed by atoms with Crippen molar-refractivity contribution in [2.75, 3.05) is 6.54 Å². The molecule has 0 bridgehead atoms. The lowest BCUT2D eigenvalue weighted by molar-refractivity contribution is 0.0619. The molecule has 0 saturated carbocycles. The summed E-state index contributed by atoms with van der Waals surface area (Å²) in [5.74, 6) is 0.0922. The normalized spacial score (nSPS) is 21.9. The Hall–Kier alpha value is -1.72. The topological polar surface area (TPSA) is 59.2 Å². The van der Waals surface area contributed by atoms with Gasteiger partial charge in [0.15, 0.2) is 0 Å². The Morgan fingerprint density at radius 1 is 1.45 bits per heavy atom. The maximum Gasteiger partial charge on any atom is 0.254 e. The van der Waals surface area contributed by atoms with Crippen LogP contribution in [0, 0.1) is 6.92 Å². The molecule has 0 spiro atoms. The number of nitrogens with zero attached hydrogens (tertiary/aromatic N) is 2. The largest absolute Gasteiger partial charge is 0.336 e. The lowest BCUT2D eigenvalue weighted by atomic mass is 9.98. The van der Waals surface area contributed by atoms with Gasteiger partial charge in [-0.1, -0.05) is 12.1 Å². The number of amides is 1. The van der Waals surface area contributed by atoms with Gasteiger partial charge in [0.25, 0.3) is 5.91 Å². The molecule has 22 heavy (non-hydrogen) atoms. The molecule has 0 unspecified atom stereocenters. The van der Waals surface area contributed by atoms with Gasteiger partial charge in [0.1, 0.15) is 5.01 Å². The maximum absolute atomic E-state index is 12.8. The minimum atomic E-state index is 0.0922. The number of piperidine rings is 1. The van der Waals surface area contributed by atoms with Gasteiger partial charge >= 0.3 is 0 Å². The summed E-state index contributed by atoms with van der Waals surface area (Å²) < 4.78 is 0. The van der Waals surface area contributed by atoms with Crippen LogP contribution in [-0.2, 0) is 0 Å². The van der Waals surface area contributed by atoms with E-state index in [1.54, 1.807) is 11.3 Å². The van der Waals surface area contributed by atoms with Crippen molar-refractivity contribution < 1.29 is 4.79 Å². The predicted octanol–water partition coefficient (Wildman–Crippen LogP) is 3.07. The molecule has 1 amide bonds. The van der Waals surface area contributed by atoms with E-state index in [1.165, 1.54) is 0 Å². The molecule has 0 aliphatic carbocycles. The van der Waals surface area contributed by atoms with Gasteiger partial charge < -0.3 is 10.6 Å². The molecule has 3 rings (SSSR count). The van der Waals surface area contributed by atoms with Crippen molar-refractivity contribution >= 4 is 17.2 Å². The number of benzene rings is 1. The second kappa shape index (κ2) is 6.18. The molecule has 2 atom stereocenters. The third-order valence-corrected chi connectivity index (χ3v) is 5.16. The summed E-state index contributed by atoms with van der Waals surface area (Å²) >= 11 is 1.61. The van der Waals surface area contributed by atoms with E-state index in [9.17, 15) is 4.79 Å². The summed E-state index contributed by atoms with van der Waals surface area (Å²) in [6, 6.07) is 8.17. The molecule has 2 aromatic rings. The standard InChI is InChI=1S/C17H21N3OS/c1-11-10-22-16(19-11)13-4-3-5-14(9-13)17(21)20-7-6-15(18)8-12(20)2/h3-5,9-10,12,15H,6-8,18H2,1-2H3/t12-,15-/m0/s1. The van der Waals surface area contributed by atoms with Crippen LogP contribution >= 0.6 is 11.3 Å². The van der Waals surface area contributed by atoms with Crippen LogP contribution in [0.15, 0.2) is 29.6 Å². The average Bonchev–Trinajstić information content (AvgIpc) is 2.93. The fourth-order valence-electron chi connectivity index (χ4n) is 2.95. The third-order valence-electron chi connectivity index (χ3n) is 4.15. The Balaban J connectivity index is 1.84. The van der Waals surface area contributed by atoms with Crippen LogP contribution in [0.2, 0.25) is 0 Å². The van der Waals surface area contributed by atoms with Gasteiger partial charge in [-0.2, -0.15) is 0 Å². The van der Waals surface area contributed by atoms with Crippen molar-refractivity contribution in [3.05, 3.63) is 40.9 Å². The van der Waals surface area contributed by atoms with Gasteiger partial charge in [-0.15, -0.1) is 11.3 Å². The molecule has 2 heterocycles. The SMILES string of the molecule is Cc1csc(-c2cccc(C(=O)N3CC[C@H](N)C[C@@H]3C)c2)n1. The third kappa shape index (κ3) is 3.05. The molecule has 1 aromatic carbocycles. The van der Waals surface area contributed by atoms with Crippen molar-refractivity contribution in [3.8, 4) is 10.6 Å². The Bertz CT molecular complexity index is 682. The van der Waals surface area contributed by atoms with E-state index in [0.29, 0.717) is 0 Å². The Labute approximate surface area is 135 Å². The monoisotopic (exact) mass is 315 g/mol. The summed E-state index contributed by atoms with van der Waals surface area (Å²) in [7, 11) is 0. The highest BCUT2D eigenvalue weighted by atomic mass is 32.1. The molecule has 0 radical (unpaired) electrons. The van der Waals surface area contributed by atoms with E-state index in [2.05, 4.69) is 11.9 Å². The zero-order valence-corrected chi connectivity index (χ0v) is 13.8. The highest BCUT2D eigenvalue weighted by molar-refractivity contribution is 7.13. The van der Waals surface area contributed by atoms with Crippen LogP contribution in [0.5, 0.6) is 0 Å². The van der Waals surface area contributed by atoms with Crippen molar-refractivity contribution in [1.29, 1.82) is 0 Å². The molecule has 5 heteroatoms. The van der Waals surface area contributed by atoms with Crippen molar-refractivity contribution in [2.24, 2.45) is 5.73 Å². The Kier molecular flexibility index (Phi) is 4.27. The second-order valence-electron chi connectivity index (χ2n) is 6.01. The first kappa shape index (κ1) is 15.2. The quantitative estimate of drug-likeness (QED) is 0.926. The first-order chi connectivity index (χ1) is 10.5. The van der Waals surface area contributed by atoms with Crippen LogP contribution in [0.25, 0.3) is 10.6 Å². The number of rotatable bonds is 2. The Morgan fingerprint density at radius 2 is 2.27 bits per heavy atom. The highest BCUT2D eigenvalue weighted by Crippen LogP contribution is 2.26. The minimum absolute atomic E-state index is 0.0922. The summed E-state index contributed by atoms with van der Waals surface area (Å²) in [6.45, 7) is 4.79. The first-order valence-corrected chi connectivity index (χ1v) is 8.51. The highest BCUT2D eigenvalue weighted by Gasteiger charge is 2.27. The number of aromatic nitrogens is 1. The van der Waals surface area contributed by atoms with Gasteiger partial charge in [0, 0.05) is 40.8 Å². The lowest BCUT2D eigenvalue weighted by Gasteiger charge is -2.36. The van der Waals surface area contributed by atoms with Gasteiger partial charge in [0.2, 0.25) is 0 Å². The number of likely N-dealkylation sites (tertiary alicyclic amines) is 1. The second-order valence-corrected chi connectivity index (χ2v) is 6.86. The number of thiazole rings is 1. The average molecular weight is 315 g/mol. The summed E-state index contributed by atoms with van der Waals surface area (Å²) in [6.07, 6.45) is 1.75. The number of carbonyl (C=O) groups excluding carboxylic acids is 1. The van der Waals surface area contributed by atoms with Crippen LogP contribution in [0.1, 0.15) is 35.8 Å². The molecule has 1 saturated heterocycles. The van der Waals surface area contributed by atoms with E-state index in [4.69, 9.17) is 5.73 Å². The van der Waals surface area contributed by atoms with Gasteiger partial charge in [0.05, 0.1) is 0 Å². The van der Waals surface area contributed by atoms with Gasteiger partial charge in [-0.3, -0.25) is 4.79 Å². The predicted molar refractivity (Wildman–Crippen MR) is 90.0 cm³/mol. The molecule has 1 aromatic heterocycles. The molecule has 1 aliphatic rings. The van der Waals surface area contributed by atoms with Crippen LogP contribution in [0.3, 0.4) is 0 Å². The summed E-state index contributed by atoms with van der Waals surface area (Å²) in [4.78, 5) is 19.2. The number of hydrogen-bond donors (Lipinski definition) is 1. The molecule has 1 aliphatic heterocycles. The molecule has 1 fully saturated rings. The zero-order valence-electron chi connectivity index (χ0n) is 13.0. The van der Waals surface area contributed by atoms with E-state index < -0.39 is 0 Å². The summed E-state index contributed by atoms with van der Waals surface area (Å²) in [5, 5.41) is 2.98. The molecular formula is C17H21N3OS. The smallest absolute Gasteiger partial charge is 0.254 e. The van der Waals surface area contributed by atoms with Crippen molar-refractivity contribution in [1.82, 2.24) is 9.88 Å². The maximum atomic E-state index is 12.8. The van der Waals surface area contributed by atoms with Gasteiger partial charge in [-0.25, -0.2) is 4.98 Å². The lowest BCUT2D eigenvalue weighted by Crippen LogP contribution is -2.48. The zero-order chi connectivity index (χ0) is 15.7. The number of nitrogens with two attached hydrogens (primary N) is 1. The van der Waals surface area contributed by atoms with E-state index in [-0.39, 0.29) is 18.0 Å². The Morgan fingerprint density at radius 3 is 2.95 bits per heavy atom. The number of aryl methyl sites for hydroxylation is 1. The fourth-order valence-corrected chi connectivity index (χ4v) is 3.74. The van der Waals surface area contributed by atoms with Crippen LogP contribution in [0.4, 0.5) is 0 Å². The molecular weight excluding hydrogens is 294 g/mol. The van der Waals surface area contributed by atoms with Crippen molar-refractivity contribution in [2.45, 2.75) is 38.8 Å². The van der Waals surface area contributed by atoms with Crippen LogP contribution in [-0.4, -0.2) is 34.4 Å². The number of carbonyl (C=O) groups is 1. The van der Waals surface area contributed by atoms with Crippen molar-refractivity contribution in [3.63, 3.8) is 0 Å². The molecule has 2 N–H and O–H groups in total. The summed E-state index contributed by atoms with van der Waals surface area (Å²) in [5.41, 5.74) is 8.73. The molecule has 116 valence electrons. The molecule has 4 nitrogen and oxygen atoms in total. The first-order valence-electron chi connectivity index (χ1n) is 7.63. The number of hydrogen-bond acceptors (Lipinski definition) is 4. The van der Waals surface area contributed by atoms with Gasteiger partial charge in [-0.05, 0) is 38.8 Å². The van der Waals surface area contributed by atoms with E-state index >= 15 is 0 Å². The minimum Gasteiger partial charge on any atom is -0.336 e. The van der Waals surface area contributed by atoms with E-state index in [0.717, 1.165) is 41.2 Å².